The molecule has 1 fully saturated rings. The van der Waals surface area contributed by atoms with E-state index in [4.69, 9.17) is 4.74 Å². The Bertz CT molecular complexity index is 287. The number of aromatic amines is 1. The molecule has 1 atom stereocenters. The maximum absolute atomic E-state index is 5.67. The molecule has 15 heavy (non-hydrogen) atoms. The maximum Gasteiger partial charge on any atom is 0.177 e. The molecule has 1 aliphatic heterocycles. The van der Waals surface area contributed by atoms with Crippen LogP contribution in [0.5, 0.6) is 0 Å². The number of H-pyrrole nitrogens is 1. The summed E-state index contributed by atoms with van der Waals surface area (Å²) < 4.78 is 5.67. The van der Waals surface area contributed by atoms with Crippen LogP contribution >= 0.6 is 0 Å². The van der Waals surface area contributed by atoms with Crippen LogP contribution in [0.2, 0.25) is 0 Å². The Morgan fingerprint density at radius 2 is 2.47 bits per heavy atom. The molecule has 1 aliphatic rings. The zero-order chi connectivity index (χ0) is 10.7. The smallest absolute Gasteiger partial charge is 0.177 e. The van der Waals surface area contributed by atoms with Gasteiger partial charge in [-0.05, 0) is 13.8 Å². The van der Waals surface area contributed by atoms with Crippen LogP contribution in [-0.4, -0.2) is 57.4 Å². The first-order valence-electron chi connectivity index (χ1n) is 5.33. The first kappa shape index (κ1) is 10.5. The Morgan fingerprint density at radius 3 is 3.13 bits per heavy atom. The number of aromatic nitrogens is 4. The molecule has 0 aromatic carbocycles. The van der Waals surface area contributed by atoms with E-state index in [0.717, 1.165) is 31.9 Å². The van der Waals surface area contributed by atoms with Gasteiger partial charge in [0.15, 0.2) is 5.82 Å². The normalized spacial score (nSPS) is 23.5. The summed E-state index contributed by atoms with van der Waals surface area (Å²) in [6, 6.07) is 0.571. The number of rotatable bonds is 3. The summed E-state index contributed by atoms with van der Waals surface area (Å²) in [5, 5.41) is 13.9. The average molecular weight is 211 g/mol. The van der Waals surface area contributed by atoms with Gasteiger partial charge in [-0.3, -0.25) is 4.90 Å². The minimum absolute atomic E-state index is 0.193. The fourth-order valence-corrected chi connectivity index (χ4v) is 1.81. The highest BCUT2D eigenvalue weighted by atomic mass is 16.5. The van der Waals surface area contributed by atoms with Gasteiger partial charge < -0.3 is 4.74 Å². The molecule has 6 nitrogen and oxygen atoms in total. The molecular formula is C9H17N5O. The lowest BCUT2D eigenvalue weighted by Crippen LogP contribution is -2.46. The molecule has 84 valence electrons. The van der Waals surface area contributed by atoms with Gasteiger partial charge >= 0.3 is 0 Å². The summed E-state index contributed by atoms with van der Waals surface area (Å²) in [5.41, 5.74) is 0. The second-order valence-electron chi connectivity index (χ2n) is 4.11. The molecule has 2 rings (SSSR count). The van der Waals surface area contributed by atoms with Crippen molar-refractivity contribution in [3.63, 3.8) is 0 Å². The second kappa shape index (κ2) is 4.67. The predicted molar refractivity (Wildman–Crippen MR) is 54.3 cm³/mol. The van der Waals surface area contributed by atoms with Gasteiger partial charge in [-0.25, -0.2) is 0 Å². The van der Waals surface area contributed by atoms with Crippen molar-refractivity contribution in [2.45, 2.75) is 32.4 Å². The van der Waals surface area contributed by atoms with Crippen molar-refractivity contribution in [3.8, 4) is 0 Å². The number of nitrogens with one attached hydrogen (secondary N) is 1. The highest BCUT2D eigenvalue weighted by molar-refractivity contribution is 4.85. The number of nitrogens with zero attached hydrogens (tertiary/aromatic N) is 4. The van der Waals surface area contributed by atoms with Crippen molar-refractivity contribution >= 4 is 0 Å². The van der Waals surface area contributed by atoms with Crippen molar-refractivity contribution < 1.29 is 4.74 Å². The largest absolute Gasteiger partial charge is 0.375 e. The number of ether oxygens (including phenoxy) is 1. The zero-order valence-corrected chi connectivity index (χ0v) is 9.18. The van der Waals surface area contributed by atoms with E-state index in [1.165, 1.54) is 0 Å². The zero-order valence-electron chi connectivity index (χ0n) is 9.18. The van der Waals surface area contributed by atoms with E-state index in [0.29, 0.717) is 6.04 Å². The monoisotopic (exact) mass is 211 g/mol. The molecule has 1 N–H and O–H groups in total. The van der Waals surface area contributed by atoms with Crippen molar-refractivity contribution in [2.24, 2.45) is 0 Å². The third-order valence-electron chi connectivity index (χ3n) is 2.70. The van der Waals surface area contributed by atoms with Gasteiger partial charge in [-0.2, -0.15) is 5.21 Å². The number of tetrazole rings is 1. The summed E-state index contributed by atoms with van der Waals surface area (Å²) in [7, 11) is 0. The minimum Gasteiger partial charge on any atom is -0.375 e. The van der Waals surface area contributed by atoms with E-state index in [1.807, 2.05) is 0 Å². The summed E-state index contributed by atoms with van der Waals surface area (Å²) in [5.74, 6) is 0.727. The molecule has 0 spiro atoms. The van der Waals surface area contributed by atoms with Gasteiger partial charge in [0.1, 0.15) is 0 Å². The van der Waals surface area contributed by atoms with Gasteiger partial charge in [0, 0.05) is 25.6 Å². The third kappa shape index (κ3) is 2.73. The second-order valence-corrected chi connectivity index (χ2v) is 4.11. The highest BCUT2D eigenvalue weighted by Crippen LogP contribution is 2.11. The molecule has 1 aromatic rings. The fraction of sp³-hybridized carbons (Fsp3) is 0.889. The van der Waals surface area contributed by atoms with Crippen LogP contribution in [0.15, 0.2) is 0 Å². The van der Waals surface area contributed by atoms with Crippen molar-refractivity contribution in [3.05, 3.63) is 5.82 Å². The van der Waals surface area contributed by atoms with Gasteiger partial charge in [-0.15, -0.1) is 10.2 Å². The van der Waals surface area contributed by atoms with Crippen molar-refractivity contribution in [1.82, 2.24) is 25.5 Å². The van der Waals surface area contributed by atoms with Crippen LogP contribution in [-0.2, 0) is 11.2 Å². The molecule has 2 heterocycles. The minimum atomic E-state index is 0.193. The summed E-state index contributed by atoms with van der Waals surface area (Å²) in [4.78, 5) is 2.41. The van der Waals surface area contributed by atoms with E-state index in [-0.39, 0.29) is 6.10 Å². The molecule has 0 amide bonds. The Hall–Kier alpha value is -1.01. The van der Waals surface area contributed by atoms with Gasteiger partial charge in [0.05, 0.1) is 12.7 Å². The Labute approximate surface area is 89.0 Å². The van der Waals surface area contributed by atoms with E-state index in [1.54, 1.807) is 0 Å². The van der Waals surface area contributed by atoms with Crippen molar-refractivity contribution in [2.75, 3.05) is 19.7 Å². The molecule has 1 saturated heterocycles. The van der Waals surface area contributed by atoms with Crippen LogP contribution in [0.1, 0.15) is 19.7 Å². The highest BCUT2D eigenvalue weighted by Gasteiger charge is 2.23. The molecule has 1 aromatic heterocycles. The van der Waals surface area contributed by atoms with Gasteiger partial charge in [0.25, 0.3) is 0 Å². The third-order valence-corrected chi connectivity index (χ3v) is 2.70. The molecule has 6 heteroatoms. The van der Waals surface area contributed by atoms with Crippen LogP contribution in [0.3, 0.4) is 0 Å². The van der Waals surface area contributed by atoms with E-state index in [2.05, 4.69) is 39.4 Å². The van der Waals surface area contributed by atoms with Crippen LogP contribution in [0.25, 0.3) is 0 Å². The lowest BCUT2D eigenvalue weighted by molar-refractivity contribution is -0.0385. The molecular weight excluding hydrogens is 194 g/mol. The first-order valence-corrected chi connectivity index (χ1v) is 5.33. The van der Waals surface area contributed by atoms with E-state index in [9.17, 15) is 0 Å². The molecule has 0 aliphatic carbocycles. The first-order chi connectivity index (χ1) is 7.25. The molecule has 1 unspecified atom stereocenters. The SMILES string of the molecule is CC(C)N1CCOC(Cc2nn[nH]n2)C1. The number of morpholine rings is 1. The van der Waals surface area contributed by atoms with Crippen LogP contribution in [0.4, 0.5) is 0 Å². The van der Waals surface area contributed by atoms with Gasteiger partial charge in [-0.1, -0.05) is 5.21 Å². The lowest BCUT2D eigenvalue weighted by Gasteiger charge is -2.35. The summed E-state index contributed by atoms with van der Waals surface area (Å²) >= 11 is 0. The maximum atomic E-state index is 5.67. The molecule has 0 bridgehead atoms. The Kier molecular flexibility index (Phi) is 3.27. The average Bonchev–Trinajstić information content (AvgIpc) is 2.71. The van der Waals surface area contributed by atoms with Gasteiger partial charge in [0.2, 0.25) is 0 Å². The Morgan fingerprint density at radius 1 is 1.60 bits per heavy atom. The quantitative estimate of drug-likeness (QED) is 0.753. The van der Waals surface area contributed by atoms with Crippen molar-refractivity contribution in [1.29, 1.82) is 0 Å². The van der Waals surface area contributed by atoms with Crippen LogP contribution in [0, 0.1) is 0 Å². The predicted octanol–water partition coefficient (Wildman–Crippen LogP) is -0.149. The topological polar surface area (TPSA) is 66.9 Å². The van der Waals surface area contributed by atoms with E-state index < -0.39 is 0 Å². The standard InChI is InChI=1S/C9H17N5O/c1-7(2)14-3-4-15-8(6-14)5-9-10-12-13-11-9/h7-8H,3-6H2,1-2H3,(H,10,11,12,13). The Balaban J connectivity index is 1.88. The summed E-state index contributed by atoms with van der Waals surface area (Å²) in [6.07, 6.45) is 0.929. The summed E-state index contributed by atoms with van der Waals surface area (Å²) in [6.45, 7) is 7.17. The fourth-order valence-electron chi connectivity index (χ4n) is 1.81. The molecule has 0 saturated carbocycles. The number of hydrogen-bond donors (Lipinski definition) is 1. The lowest BCUT2D eigenvalue weighted by atomic mass is 10.1. The molecule has 0 radical (unpaired) electrons. The van der Waals surface area contributed by atoms with E-state index >= 15 is 0 Å². The number of hydrogen-bond acceptors (Lipinski definition) is 5. The van der Waals surface area contributed by atoms with Crippen LogP contribution < -0.4 is 0 Å².